The van der Waals surface area contributed by atoms with Gasteiger partial charge in [-0.05, 0) is 38.8 Å². The van der Waals surface area contributed by atoms with Gasteiger partial charge in [0.05, 0.1) is 17.2 Å². The Morgan fingerprint density at radius 1 is 1.03 bits per heavy atom. The normalized spacial score (nSPS) is 23.6. The van der Waals surface area contributed by atoms with Crippen molar-refractivity contribution in [2.45, 2.75) is 97.0 Å². The van der Waals surface area contributed by atoms with Crippen LogP contribution in [0.15, 0.2) is 18.2 Å². The molecule has 11 nitrogen and oxygen atoms in total. The van der Waals surface area contributed by atoms with Gasteiger partial charge in [-0.2, -0.15) is 0 Å². The van der Waals surface area contributed by atoms with E-state index >= 15 is 0 Å². The molecule has 2 rings (SSSR count). The predicted octanol–water partition coefficient (Wildman–Crippen LogP) is 3.23. The summed E-state index contributed by atoms with van der Waals surface area (Å²) in [6.07, 6.45) is 1.78. The van der Waals surface area contributed by atoms with Gasteiger partial charge in [-0.15, -0.1) is 0 Å². The van der Waals surface area contributed by atoms with E-state index in [-0.39, 0.29) is 17.7 Å². The number of aromatic hydroxyl groups is 1. The maximum Gasteiger partial charge on any atom is 0.332 e. The van der Waals surface area contributed by atoms with Crippen LogP contribution >= 0.6 is 0 Å². The van der Waals surface area contributed by atoms with Crippen molar-refractivity contribution in [3.8, 4) is 5.75 Å². The molecule has 1 fully saturated rings. The van der Waals surface area contributed by atoms with Gasteiger partial charge < -0.3 is 30.0 Å². The van der Waals surface area contributed by atoms with Crippen LogP contribution < -0.4 is 10.6 Å². The molecule has 0 saturated carbocycles. The first kappa shape index (κ1) is 30.6. The van der Waals surface area contributed by atoms with Crippen molar-refractivity contribution < 1.29 is 43.3 Å². The Kier molecular flexibility index (Phi) is 12.0. The Bertz CT molecular complexity index is 997. The molecule has 0 radical (unpaired) electrons. The number of phenols is 1. The summed E-state index contributed by atoms with van der Waals surface area (Å²) in [7, 11) is 0. The SMILES string of the molecule is CCCCCC[C@@H]1C(=O)O[C@H](C)[C@H](NC(=O)c2cccc(NC=O)c2O)C(=O)O[C@@H](C)[C@@H]1OC(=O)CCC. The Labute approximate surface area is 222 Å². The van der Waals surface area contributed by atoms with Crippen LogP contribution in [0, 0.1) is 5.92 Å². The lowest BCUT2D eigenvalue weighted by Gasteiger charge is -2.29. The molecule has 3 N–H and O–H groups in total. The van der Waals surface area contributed by atoms with Gasteiger partial charge in [0.1, 0.15) is 12.2 Å². The predicted molar refractivity (Wildman–Crippen MR) is 137 cm³/mol. The van der Waals surface area contributed by atoms with E-state index < -0.39 is 59.8 Å². The van der Waals surface area contributed by atoms with Gasteiger partial charge in [0.15, 0.2) is 17.9 Å². The van der Waals surface area contributed by atoms with Gasteiger partial charge in [-0.25, -0.2) is 4.79 Å². The largest absolute Gasteiger partial charge is 0.505 e. The van der Waals surface area contributed by atoms with Crippen LogP contribution in [0.2, 0.25) is 0 Å². The third kappa shape index (κ3) is 8.19. The summed E-state index contributed by atoms with van der Waals surface area (Å²) in [6.45, 7) is 6.86. The summed E-state index contributed by atoms with van der Waals surface area (Å²) in [5, 5.41) is 15.1. The smallest absolute Gasteiger partial charge is 0.332 e. The first-order valence-corrected chi connectivity index (χ1v) is 13.1. The average Bonchev–Trinajstić information content (AvgIpc) is 2.89. The third-order valence-electron chi connectivity index (χ3n) is 6.36. The highest BCUT2D eigenvalue weighted by molar-refractivity contribution is 6.01. The Morgan fingerprint density at radius 3 is 2.39 bits per heavy atom. The van der Waals surface area contributed by atoms with Gasteiger partial charge in [-0.1, -0.05) is 45.6 Å². The molecule has 1 aliphatic rings. The number of ether oxygens (including phenoxy) is 3. The van der Waals surface area contributed by atoms with E-state index in [0.29, 0.717) is 25.7 Å². The fourth-order valence-corrected chi connectivity index (χ4v) is 4.28. The molecule has 1 saturated heterocycles. The number of nitrogens with one attached hydrogen (secondary N) is 2. The Balaban J connectivity index is 2.33. The number of rotatable bonds is 12. The molecule has 1 aromatic carbocycles. The molecule has 0 spiro atoms. The molecule has 0 aromatic heterocycles. The molecule has 1 heterocycles. The number of hydrogen-bond acceptors (Lipinski definition) is 9. The number of unbranched alkanes of at least 4 members (excludes halogenated alkanes) is 3. The van der Waals surface area contributed by atoms with E-state index in [4.69, 9.17) is 14.2 Å². The van der Waals surface area contributed by atoms with Gasteiger partial charge in [0.2, 0.25) is 6.41 Å². The first-order chi connectivity index (χ1) is 18.1. The molecule has 1 aromatic rings. The fourth-order valence-electron chi connectivity index (χ4n) is 4.28. The summed E-state index contributed by atoms with van der Waals surface area (Å²) < 4.78 is 16.8. The number of cyclic esters (lactones) is 2. The van der Waals surface area contributed by atoms with Crippen LogP contribution in [-0.2, 0) is 33.4 Å². The highest BCUT2D eigenvalue weighted by Crippen LogP contribution is 2.29. The van der Waals surface area contributed by atoms with Crippen LogP contribution in [0.4, 0.5) is 5.69 Å². The summed E-state index contributed by atoms with van der Waals surface area (Å²) in [4.78, 5) is 62.5. The summed E-state index contributed by atoms with van der Waals surface area (Å²) in [6, 6.07) is 2.71. The second kappa shape index (κ2) is 14.9. The zero-order valence-corrected chi connectivity index (χ0v) is 22.4. The van der Waals surface area contributed by atoms with Crippen molar-refractivity contribution in [3.05, 3.63) is 23.8 Å². The standard InChI is InChI=1S/C27H38N2O9/c1-5-7-8-9-12-19-24(38-21(31)11-6-2)17(4)37-27(35)22(16(3)36-26(19)34)29-25(33)18-13-10-14-20(23(18)32)28-15-30/h10,13-17,19,22,24,32H,5-9,11-12H2,1-4H3,(H,28,30)(H,29,33)/t16-,17+,19+,22+,24+/m1/s1. The Morgan fingerprint density at radius 2 is 1.74 bits per heavy atom. The van der Waals surface area contributed by atoms with Crippen molar-refractivity contribution in [1.29, 1.82) is 0 Å². The number of para-hydroxylation sites is 1. The summed E-state index contributed by atoms with van der Waals surface area (Å²) in [5.41, 5.74) is -0.211. The minimum absolute atomic E-state index is 0.000410. The lowest BCUT2D eigenvalue weighted by atomic mass is 9.92. The van der Waals surface area contributed by atoms with E-state index in [2.05, 4.69) is 17.6 Å². The quantitative estimate of drug-likeness (QED) is 0.120. The number of amides is 2. The molecular weight excluding hydrogens is 496 g/mol. The van der Waals surface area contributed by atoms with Crippen molar-refractivity contribution in [3.63, 3.8) is 0 Å². The number of carbonyl (C=O) groups is 5. The maximum absolute atomic E-state index is 13.3. The lowest BCUT2D eigenvalue weighted by Crippen LogP contribution is -2.50. The highest BCUT2D eigenvalue weighted by Gasteiger charge is 2.43. The zero-order valence-electron chi connectivity index (χ0n) is 22.4. The number of anilines is 1. The molecule has 11 heteroatoms. The lowest BCUT2D eigenvalue weighted by molar-refractivity contribution is -0.175. The zero-order chi connectivity index (χ0) is 28.2. The second-order valence-electron chi connectivity index (χ2n) is 9.36. The van der Waals surface area contributed by atoms with Crippen molar-refractivity contribution in [1.82, 2.24) is 5.32 Å². The monoisotopic (exact) mass is 534 g/mol. The van der Waals surface area contributed by atoms with Crippen molar-refractivity contribution >= 4 is 35.9 Å². The van der Waals surface area contributed by atoms with E-state index in [0.717, 1.165) is 19.3 Å². The van der Waals surface area contributed by atoms with E-state index in [1.54, 1.807) is 0 Å². The molecule has 2 amide bonds. The van der Waals surface area contributed by atoms with Gasteiger partial charge in [0, 0.05) is 6.42 Å². The molecule has 0 bridgehead atoms. The van der Waals surface area contributed by atoms with Crippen molar-refractivity contribution in [2.24, 2.45) is 5.92 Å². The van der Waals surface area contributed by atoms with Crippen molar-refractivity contribution in [2.75, 3.05) is 5.32 Å². The molecule has 0 aliphatic carbocycles. The van der Waals surface area contributed by atoms with Crippen LogP contribution in [0.3, 0.4) is 0 Å². The second-order valence-corrected chi connectivity index (χ2v) is 9.36. The topological polar surface area (TPSA) is 157 Å². The molecule has 5 atom stereocenters. The van der Waals surface area contributed by atoms with Gasteiger partial charge >= 0.3 is 17.9 Å². The number of hydrogen-bond donors (Lipinski definition) is 3. The van der Waals surface area contributed by atoms with Crippen LogP contribution in [0.25, 0.3) is 0 Å². The van der Waals surface area contributed by atoms with Crippen LogP contribution in [-0.4, -0.2) is 59.7 Å². The molecule has 210 valence electrons. The van der Waals surface area contributed by atoms with E-state index in [1.165, 1.54) is 32.0 Å². The average molecular weight is 535 g/mol. The number of carbonyl (C=O) groups excluding carboxylic acids is 5. The minimum Gasteiger partial charge on any atom is -0.505 e. The van der Waals surface area contributed by atoms with Gasteiger partial charge in [-0.3, -0.25) is 19.2 Å². The van der Waals surface area contributed by atoms with E-state index in [9.17, 15) is 29.1 Å². The summed E-state index contributed by atoms with van der Waals surface area (Å²) in [5.74, 6) is -4.27. The summed E-state index contributed by atoms with van der Waals surface area (Å²) >= 11 is 0. The maximum atomic E-state index is 13.3. The molecular formula is C27H38N2O9. The van der Waals surface area contributed by atoms with Crippen LogP contribution in [0.1, 0.15) is 83.0 Å². The van der Waals surface area contributed by atoms with E-state index in [1.807, 2.05) is 6.92 Å². The molecule has 38 heavy (non-hydrogen) atoms. The highest BCUT2D eigenvalue weighted by atomic mass is 16.6. The number of esters is 3. The number of benzene rings is 1. The minimum atomic E-state index is -1.41. The fraction of sp³-hybridized carbons (Fsp3) is 0.593. The Hall–Kier alpha value is -3.63. The number of phenolic OH excluding ortho intramolecular Hbond substituents is 1. The van der Waals surface area contributed by atoms with Gasteiger partial charge in [0.25, 0.3) is 5.91 Å². The molecule has 1 aliphatic heterocycles. The molecule has 0 unspecified atom stereocenters. The van der Waals surface area contributed by atoms with Crippen LogP contribution in [0.5, 0.6) is 5.75 Å². The third-order valence-corrected chi connectivity index (χ3v) is 6.36. The first-order valence-electron chi connectivity index (χ1n) is 13.1.